The van der Waals surface area contributed by atoms with Crippen LogP contribution in [0, 0.1) is 17.8 Å². The van der Waals surface area contributed by atoms with Crippen LogP contribution in [0.5, 0.6) is 0 Å². The van der Waals surface area contributed by atoms with Crippen molar-refractivity contribution in [1.82, 2.24) is 35.7 Å². The Morgan fingerprint density at radius 1 is 0.873 bits per heavy atom. The second-order valence-corrected chi connectivity index (χ2v) is 15.9. The van der Waals surface area contributed by atoms with Gasteiger partial charge in [-0.1, -0.05) is 36.4 Å². The van der Waals surface area contributed by atoms with E-state index < -0.39 is 17.6 Å². The van der Waals surface area contributed by atoms with E-state index in [-0.39, 0.29) is 35.9 Å². The van der Waals surface area contributed by atoms with Crippen molar-refractivity contribution in [2.45, 2.75) is 64.9 Å². The van der Waals surface area contributed by atoms with Crippen molar-refractivity contribution in [3.05, 3.63) is 83.9 Å². The maximum absolute atomic E-state index is 14.0. The molecule has 1 aromatic heterocycles. The second-order valence-electron chi connectivity index (χ2n) is 15.9. The number of carbonyl (C=O) groups excluding carboxylic acids is 4. The summed E-state index contributed by atoms with van der Waals surface area (Å²) in [7, 11) is 2.07. The van der Waals surface area contributed by atoms with E-state index in [0.717, 1.165) is 48.2 Å². The highest BCUT2D eigenvalue weighted by atomic mass is 16.6. The molecule has 0 spiro atoms. The maximum atomic E-state index is 14.0. The Morgan fingerprint density at radius 2 is 1.56 bits per heavy atom. The number of nitrogens with zero attached hydrogens (tertiary/aromatic N) is 5. The molecule has 13 heteroatoms. The molecule has 1 saturated heterocycles. The number of hydrogen-bond donors (Lipinski definition) is 3. The molecule has 3 N–H and O–H groups in total. The summed E-state index contributed by atoms with van der Waals surface area (Å²) in [6.07, 6.45) is 3.09. The molecule has 290 valence electrons. The number of ether oxygens (including phenoxy) is 1. The zero-order chi connectivity index (χ0) is 39.0. The molecular formula is C42H52N8O5. The first-order valence-corrected chi connectivity index (χ1v) is 19.2. The van der Waals surface area contributed by atoms with Crippen molar-refractivity contribution in [1.29, 1.82) is 0 Å². The average molecular weight is 749 g/mol. The molecule has 1 saturated carbocycles. The third-order valence-corrected chi connectivity index (χ3v) is 10.5. The number of nitrogens with one attached hydrogen (secondary N) is 3. The fraction of sp³-hybridized carbons (Fsp3) is 0.452. The van der Waals surface area contributed by atoms with E-state index in [1.807, 2.05) is 86.3 Å². The number of hydrogen-bond acceptors (Lipinski definition) is 9. The number of carbonyl (C=O) groups is 4. The number of alkyl carbamates (subject to hydrolysis) is 1. The Bertz CT molecular complexity index is 1930. The normalized spacial score (nSPS) is 18.3. The molecule has 3 aromatic carbocycles. The van der Waals surface area contributed by atoms with Crippen molar-refractivity contribution in [3.63, 3.8) is 0 Å². The number of Topliss-reactive ketones (excluding diaryl/α,β-unsaturated/α-hetero) is 1. The van der Waals surface area contributed by atoms with Crippen molar-refractivity contribution in [3.8, 4) is 22.5 Å². The van der Waals surface area contributed by atoms with E-state index in [1.54, 1.807) is 12.1 Å². The predicted octanol–water partition coefficient (Wildman–Crippen LogP) is 6.01. The second kappa shape index (κ2) is 17.8. The molecule has 0 bridgehead atoms. The zero-order valence-electron chi connectivity index (χ0n) is 32.2. The number of piperazine rings is 1. The van der Waals surface area contributed by atoms with Gasteiger partial charge in [-0.25, -0.2) is 4.79 Å². The first-order valence-electron chi connectivity index (χ1n) is 19.2. The fourth-order valence-electron chi connectivity index (χ4n) is 7.31. The van der Waals surface area contributed by atoms with E-state index in [2.05, 4.69) is 43.2 Å². The van der Waals surface area contributed by atoms with Gasteiger partial charge in [-0.3, -0.25) is 14.4 Å². The Kier molecular flexibility index (Phi) is 12.7. The lowest BCUT2D eigenvalue weighted by Gasteiger charge is -2.32. The van der Waals surface area contributed by atoms with E-state index in [9.17, 15) is 19.2 Å². The third kappa shape index (κ3) is 11.1. The van der Waals surface area contributed by atoms with Gasteiger partial charge < -0.3 is 25.2 Å². The molecule has 3 amide bonds. The van der Waals surface area contributed by atoms with Crippen molar-refractivity contribution >= 4 is 29.4 Å². The van der Waals surface area contributed by atoms with Gasteiger partial charge in [0.05, 0.1) is 0 Å². The van der Waals surface area contributed by atoms with Gasteiger partial charge in [-0.15, -0.1) is 10.2 Å². The molecule has 1 atom stereocenters. The van der Waals surface area contributed by atoms with Crippen LogP contribution in [0.15, 0.2) is 72.8 Å². The smallest absolute Gasteiger partial charge is 0.407 e. The van der Waals surface area contributed by atoms with Crippen LogP contribution >= 0.6 is 0 Å². The lowest BCUT2D eigenvalue weighted by Crippen LogP contribution is -2.47. The van der Waals surface area contributed by atoms with Crippen LogP contribution in [0.4, 0.5) is 10.5 Å². The minimum Gasteiger partial charge on any atom is -0.444 e. The number of ketones is 1. The van der Waals surface area contributed by atoms with Crippen LogP contribution in [-0.2, 0) is 20.7 Å². The van der Waals surface area contributed by atoms with Crippen LogP contribution in [-0.4, -0.2) is 99.5 Å². The molecule has 6 rings (SSSR count). The number of likely N-dealkylation sites (N-methyl/N-ethyl adjacent to an activating group) is 1. The molecule has 2 heterocycles. The average Bonchev–Trinajstić information content (AvgIpc) is 3.72. The van der Waals surface area contributed by atoms with E-state index >= 15 is 0 Å². The largest absolute Gasteiger partial charge is 0.444 e. The topological polar surface area (TPSA) is 163 Å². The quantitative estimate of drug-likeness (QED) is 0.158. The van der Waals surface area contributed by atoms with Crippen molar-refractivity contribution in [2.24, 2.45) is 17.8 Å². The van der Waals surface area contributed by atoms with Crippen LogP contribution in [0.1, 0.15) is 68.8 Å². The summed E-state index contributed by atoms with van der Waals surface area (Å²) >= 11 is 0. The van der Waals surface area contributed by atoms with Gasteiger partial charge in [0.25, 0.3) is 5.91 Å². The van der Waals surface area contributed by atoms with Gasteiger partial charge in [-0.2, -0.15) is 5.21 Å². The lowest BCUT2D eigenvalue weighted by atomic mass is 9.77. The van der Waals surface area contributed by atoms with Crippen LogP contribution in [0.25, 0.3) is 22.5 Å². The van der Waals surface area contributed by atoms with Crippen LogP contribution < -0.4 is 10.6 Å². The Hall–Kier alpha value is -5.43. The fourth-order valence-corrected chi connectivity index (χ4v) is 7.31. The van der Waals surface area contributed by atoms with Crippen molar-refractivity contribution < 1.29 is 23.9 Å². The van der Waals surface area contributed by atoms with Crippen molar-refractivity contribution in [2.75, 3.05) is 45.1 Å². The number of tetrazole rings is 1. The zero-order valence-corrected chi connectivity index (χ0v) is 32.2. The minimum absolute atomic E-state index is 0.0278. The Labute approximate surface area is 322 Å². The number of benzene rings is 3. The highest BCUT2D eigenvalue weighted by Crippen LogP contribution is 2.32. The van der Waals surface area contributed by atoms with E-state index in [4.69, 9.17) is 4.74 Å². The third-order valence-electron chi connectivity index (χ3n) is 10.5. The lowest BCUT2D eigenvalue weighted by molar-refractivity contribution is -0.129. The molecule has 1 aliphatic carbocycles. The molecule has 0 radical (unpaired) electrons. The van der Waals surface area contributed by atoms with Gasteiger partial charge in [0, 0.05) is 67.8 Å². The molecule has 0 unspecified atom stereocenters. The molecule has 2 aliphatic rings. The number of rotatable bonds is 12. The predicted molar refractivity (Wildman–Crippen MR) is 210 cm³/mol. The highest BCUT2D eigenvalue weighted by Gasteiger charge is 2.31. The van der Waals surface area contributed by atoms with Gasteiger partial charge >= 0.3 is 6.09 Å². The molecule has 13 nitrogen and oxygen atoms in total. The number of amides is 3. The molecule has 1 aliphatic heterocycles. The van der Waals surface area contributed by atoms with E-state index in [0.29, 0.717) is 56.0 Å². The Balaban J connectivity index is 1.14. The monoisotopic (exact) mass is 748 g/mol. The summed E-state index contributed by atoms with van der Waals surface area (Å²) in [5.41, 5.74) is 4.21. The summed E-state index contributed by atoms with van der Waals surface area (Å²) in [5, 5.41) is 20.0. The summed E-state index contributed by atoms with van der Waals surface area (Å²) in [6, 6.07) is 22.9. The summed E-state index contributed by atoms with van der Waals surface area (Å²) < 4.78 is 5.37. The minimum atomic E-state index is -0.615. The standard InChI is InChI=1S/C42H52N8O5/c1-42(2,3)55-41(54)43-27-28-11-13-30(14-12-28)37(51)26-35(39(52)44-36-17-15-31(16-18-36)38-45-47-48-46-38)24-29-7-5-8-32(23-29)33-9-6-10-34(25-33)40(53)50-21-19-49(4)20-22-50/h5-10,15-18,23,25,28,30,35H,11-14,19-22,24,26-27H2,1-4H3,(H,43,54)(H,44,52)(H,45,46,47,48)/t28?,30?,35-/m1/s1. The number of aromatic nitrogens is 4. The molecular weight excluding hydrogens is 697 g/mol. The highest BCUT2D eigenvalue weighted by molar-refractivity contribution is 5.97. The first kappa shape index (κ1) is 39.3. The summed E-state index contributed by atoms with van der Waals surface area (Å²) in [5.74, 6) is -0.168. The summed E-state index contributed by atoms with van der Waals surface area (Å²) in [4.78, 5) is 57.5. The number of H-pyrrole nitrogens is 1. The summed E-state index contributed by atoms with van der Waals surface area (Å²) in [6.45, 7) is 9.12. The Morgan fingerprint density at radius 3 is 2.24 bits per heavy atom. The van der Waals surface area contributed by atoms with Crippen LogP contribution in [0.2, 0.25) is 0 Å². The maximum Gasteiger partial charge on any atom is 0.407 e. The number of aromatic amines is 1. The molecule has 4 aromatic rings. The van der Waals surface area contributed by atoms with Gasteiger partial charge in [0.1, 0.15) is 11.4 Å². The first-order chi connectivity index (χ1) is 26.4. The van der Waals surface area contributed by atoms with Crippen LogP contribution in [0.3, 0.4) is 0 Å². The molecule has 2 fully saturated rings. The van der Waals surface area contributed by atoms with E-state index in [1.165, 1.54) is 0 Å². The van der Waals surface area contributed by atoms with Gasteiger partial charge in [0.2, 0.25) is 11.7 Å². The molecule has 55 heavy (non-hydrogen) atoms. The van der Waals surface area contributed by atoms with Gasteiger partial charge in [-0.05, 0) is 124 Å². The number of anilines is 1. The van der Waals surface area contributed by atoms with Gasteiger partial charge in [0.15, 0.2) is 0 Å². The SMILES string of the molecule is CN1CCN(C(=O)c2cccc(-c3cccc(C[C@H](CC(=O)C4CCC(CNC(=O)OC(C)(C)C)CC4)C(=O)Nc4ccc(-c5nn[nH]n5)cc4)c3)c2)CC1.